The van der Waals surface area contributed by atoms with Crippen molar-refractivity contribution in [3.05, 3.63) is 53.5 Å². The van der Waals surface area contributed by atoms with E-state index in [9.17, 15) is 0 Å². The molecule has 0 atom stereocenters. The van der Waals surface area contributed by atoms with Crippen LogP contribution in [0.5, 0.6) is 5.88 Å². The first-order chi connectivity index (χ1) is 10.3. The molecule has 7 heteroatoms. The van der Waals surface area contributed by atoms with Gasteiger partial charge in [0.15, 0.2) is 5.84 Å². The number of methoxy groups -OCH3 is 1. The lowest BCUT2D eigenvalue weighted by molar-refractivity contribution is 0.318. The topological polar surface area (TPSA) is 106 Å². The van der Waals surface area contributed by atoms with Crippen LogP contribution in [-0.2, 0) is 13.1 Å². The number of hydrogen-bond donors (Lipinski definition) is 3. The molecule has 0 saturated heterocycles. The van der Waals surface area contributed by atoms with E-state index in [1.807, 2.05) is 18.2 Å². The fourth-order valence-corrected chi connectivity index (χ4v) is 1.93. The molecular formula is C14H17N5O2. The van der Waals surface area contributed by atoms with Gasteiger partial charge in [0.25, 0.3) is 0 Å². The van der Waals surface area contributed by atoms with E-state index in [4.69, 9.17) is 15.7 Å². The summed E-state index contributed by atoms with van der Waals surface area (Å²) >= 11 is 0. The predicted octanol–water partition coefficient (Wildman–Crippen LogP) is 0.869. The van der Waals surface area contributed by atoms with Gasteiger partial charge in [-0.2, -0.15) is 0 Å². The number of amidine groups is 1. The second kappa shape index (κ2) is 7.20. The molecule has 0 fully saturated rings. The van der Waals surface area contributed by atoms with Crippen LogP contribution in [0.2, 0.25) is 0 Å². The maximum Gasteiger partial charge on any atom is 0.217 e. The normalized spacial score (nSPS) is 11.4. The smallest absolute Gasteiger partial charge is 0.217 e. The zero-order chi connectivity index (χ0) is 15.1. The lowest BCUT2D eigenvalue weighted by atomic mass is 10.1. The molecule has 21 heavy (non-hydrogen) atoms. The summed E-state index contributed by atoms with van der Waals surface area (Å²) in [5.74, 6) is 0.583. The van der Waals surface area contributed by atoms with Gasteiger partial charge in [0, 0.05) is 31.0 Å². The van der Waals surface area contributed by atoms with Crippen molar-refractivity contribution in [3.63, 3.8) is 0 Å². The van der Waals surface area contributed by atoms with Gasteiger partial charge in [-0.05, 0) is 17.7 Å². The van der Waals surface area contributed by atoms with E-state index < -0.39 is 0 Å². The third kappa shape index (κ3) is 3.67. The van der Waals surface area contributed by atoms with Gasteiger partial charge in [-0.25, -0.2) is 4.98 Å². The Labute approximate surface area is 122 Å². The number of nitrogens with two attached hydrogens (primary N) is 1. The summed E-state index contributed by atoms with van der Waals surface area (Å²) in [6, 6.07) is 7.46. The standard InChI is InChI=1S/C14H17N5O2/c1-21-14-11(5-3-7-18-14)9-16-8-10-4-2-6-17-12(10)13(15)19-20/h2-7,16,20H,8-9H2,1H3,(H2,15,19). The highest BCUT2D eigenvalue weighted by atomic mass is 16.5. The second-order valence-electron chi connectivity index (χ2n) is 4.27. The van der Waals surface area contributed by atoms with E-state index >= 15 is 0 Å². The highest BCUT2D eigenvalue weighted by Crippen LogP contribution is 2.13. The minimum Gasteiger partial charge on any atom is -0.481 e. The zero-order valence-corrected chi connectivity index (χ0v) is 11.7. The van der Waals surface area contributed by atoms with Gasteiger partial charge < -0.3 is 21.0 Å². The van der Waals surface area contributed by atoms with Crippen LogP contribution in [-0.4, -0.2) is 28.1 Å². The number of oxime groups is 1. The lowest BCUT2D eigenvalue weighted by Gasteiger charge is -2.10. The zero-order valence-electron chi connectivity index (χ0n) is 11.7. The molecule has 4 N–H and O–H groups in total. The monoisotopic (exact) mass is 287 g/mol. The Hall–Kier alpha value is -2.67. The Morgan fingerprint density at radius 2 is 1.90 bits per heavy atom. The summed E-state index contributed by atoms with van der Waals surface area (Å²) in [6.07, 6.45) is 3.28. The number of hydrogen-bond acceptors (Lipinski definition) is 6. The molecular weight excluding hydrogens is 270 g/mol. The third-order valence-corrected chi connectivity index (χ3v) is 2.92. The average Bonchev–Trinajstić information content (AvgIpc) is 2.55. The third-order valence-electron chi connectivity index (χ3n) is 2.92. The molecule has 0 unspecified atom stereocenters. The van der Waals surface area contributed by atoms with Gasteiger partial charge in [-0.15, -0.1) is 0 Å². The van der Waals surface area contributed by atoms with Crippen molar-refractivity contribution in [1.82, 2.24) is 15.3 Å². The van der Waals surface area contributed by atoms with Crippen LogP contribution < -0.4 is 15.8 Å². The van der Waals surface area contributed by atoms with Crippen molar-refractivity contribution in [2.24, 2.45) is 10.9 Å². The molecule has 0 bridgehead atoms. The highest BCUT2D eigenvalue weighted by Gasteiger charge is 2.08. The van der Waals surface area contributed by atoms with Crippen molar-refractivity contribution in [2.75, 3.05) is 7.11 Å². The molecule has 0 saturated carbocycles. The maximum atomic E-state index is 8.76. The fourth-order valence-electron chi connectivity index (χ4n) is 1.93. The second-order valence-corrected chi connectivity index (χ2v) is 4.27. The SMILES string of the molecule is COc1ncccc1CNCc1cccnc1C(N)=NO. The molecule has 0 amide bonds. The minimum atomic E-state index is -0.00800. The number of nitrogens with one attached hydrogen (secondary N) is 1. The molecule has 7 nitrogen and oxygen atoms in total. The molecule has 2 aromatic heterocycles. The maximum absolute atomic E-state index is 8.76. The van der Waals surface area contributed by atoms with E-state index in [0.717, 1.165) is 11.1 Å². The molecule has 0 aliphatic rings. The van der Waals surface area contributed by atoms with Gasteiger partial charge >= 0.3 is 0 Å². The molecule has 0 aliphatic carbocycles. The summed E-state index contributed by atoms with van der Waals surface area (Å²) in [4.78, 5) is 8.25. The largest absolute Gasteiger partial charge is 0.481 e. The van der Waals surface area contributed by atoms with Crippen LogP contribution in [0.25, 0.3) is 0 Å². The first-order valence-corrected chi connectivity index (χ1v) is 6.36. The Balaban J connectivity index is 2.04. The van der Waals surface area contributed by atoms with E-state index in [1.165, 1.54) is 0 Å². The number of nitrogens with zero attached hydrogens (tertiary/aromatic N) is 3. The van der Waals surface area contributed by atoms with Crippen molar-refractivity contribution < 1.29 is 9.94 Å². The molecule has 110 valence electrons. The summed E-state index contributed by atoms with van der Waals surface area (Å²) in [5, 5.41) is 15.0. The molecule has 2 heterocycles. The molecule has 0 aliphatic heterocycles. The molecule has 2 rings (SSSR count). The van der Waals surface area contributed by atoms with Crippen molar-refractivity contribution in [3.8, 4) is 5.88 Å². The average molecular weight is 287 g/mol. The first kappa shape index (κ1) is 14.7. The Bertz CT molecular complexity index is 630. The van der Waals surface area contributed by atoms with Crippen LogP contribution in [0, 0.1) is 0 Å². The van der Waals surface area contributed by atoms with Gasteiger partial charge in [-0.1, -0.05) is 17.3 Å². The quantitative estimate of drug-likeness (QED) is 0.315. The van der Waals surface area contributed by atoms with E-state index in [2.05, 4.69) is 20.4 Å². The Kier molecular flexibility index (Phi) is 5.05. The summed E-state index contributed by atoms with van der Waals surface area (Å²) in [7, 11) is 1.59. The van der Waals surface area contributed by atoms with E-state index in [0.29, 0.717) is 24.7 Å². The van der Waals surface area contributed by atoms with Crippen LogP contribution in [0.4, 0.5) is 0 Å². The predicted molar refractivity (Wildman–Crippen MR) is 78.1 cm³/mol. The Morgan fingerprint density at radius 3 is 2.62 bits per heavy atom. The fraction of sp³-hybridized carbons (Fsp3) is 0.214. The summed E-state index contributed by atoms with van der Waals surface area (Å²) in [6.45, 7) is 1.11. The van der Waals surface area contributed by atoms with Crippen LogP contribution >= 0.6 is 0 Å². The van der Waals surface area contributed by atoms with Crippen molar-refractivity contribution in [2.45, 2.75) is 13.1 Å². The molecule has 0 aromatic carbocycles. The van der Waals surface area contributed by atoms with Crippen molar-refractivity contribution >= 4 is 5.84 Å². The van der Waals surface area contributed by atoms with Gasteiger partial charge in [0.1, 0.15) is 5.69 Å². The van der Waals surface area contributed by atoms with Crippen LogP contribution in [0.1, 0.15) is 16.8 Å². The van der Waals surface area contributed by atoms with Gasteiger partial charge in [0.05, 0.1) is 7.11 Å². The molecule has 0 spiro atoms. The van der Waals surface area contributed by atoms with E-state index in [1.54, 1.807) is 25.6 Å². The lowest BCUT2D eigenvalue weighted by Crippen LogP contribution is -2.21. The van der Waals surface area contributed by atoms with Crippen molar-refractivity contribution in [1.29, 1.82) is 0 Å². The Morgan fingerprint density at radius 1 is 1.24 bits per heavy atom. The highest BCUT2D eigenvalue weighted by molar-refractivity contribution is 5.96. The number of pyridine rings is 2. The molecule has 2 aromatic rings. The molecule has 0 radical (unpaired) electrons. The number of rotatable bonds is 6. The van der Waals surface area contributed by atoms with Crippen LogP contribution in [0.3, 0.4) is 0 Å². The number of aromatic nitrogens is 2. The first-order valence-electron chi connectivity index (χ1n) is 6.36. The number of ether oxygens (including phenoxy) is 1. The van der Waals surface area contributed by atoms with Gasteiger partial charge in [-0.3, -0.25) is 4.98 Å². The van der Waals surface area contributed by atoms with Gasteiger partial charge in [0.2, 0.25) is 5.88 Å². The van der Waals surface area contributed by atoms with E-state index in [-0.39, 0.29) is 5.84 Å². The summed E-state index contributed by atoms with van der Waals surface area (Å²) < 4.78 is 5.19. The minimum absolute atomic E-state index is 0.00800. The van der Waals surface area contributed by atoms with Crippen LogP contribution in [0.15, 0.2) is 41.8 Å². The summed E-state index contributed by atoms with van der Waals surface area (Å²) in [5.41, 5.74) is 7.86.